The minimum absolute atomic E-state index is 0.226. The summed E-state index contributed by atoms with van der Waals surface area (Å²) in [5.74, 6) is 0.471. The maximum Gasteiger partial charge on any atom is 0.258 e. The summed E-state index contributed by atoms with van der Waals surface area (Å²) in [5, 5.41) is 8.62. The van der Waals surface area contributed by atoms with Crippen molar-refractivity contribution in [2.45, 2.75) is 25.4 Å². The number of nitrogens with one attached hydrogen (secondary N) is 1. The Hall–Kier alpha value is -2.34. The zero-order valence-corrected chi connectivity index (χ0v) is 17.4. The molecule has 150 valence electrons. The molecule has 0 aliphatic carbocycles. The monoisotopic (exact) mass is 428 g/mol. The Balaban J connectivity index is 1.38. The molecule has 0 unspecified atom stereocenters. The Morgan fingerprint density at radius 3 is 2.62 bits per heavy atom. The third-order valence-electron chi connectivity index (χ3n) is 5.23. The fraction of sp³-hybridized carbons (Fsp3) is 0.273. The van der Waals surface area contributed by atoms with Crippen LogP contribution in [-0.2, 0) is 6.54 Å². The van der Waals surface area contributed by atoms with Gasteiger partial charge in [0.05, 0.1) is 22.8 Å². The van der Waals surface area contributed by atoms with Crippen LogP contribution >= 0.6 is 23.2 Å². The molecular weight excluding hydrogens is 407 g/mol. The molecule has 2 heterocycles. The van der Waals surface area contributed by atoms with Gasteiger partial charge in [0.25, 0.3) is 5.91 Å². The number of carbonyl (C=O) groups excluding carboxylic acids is 1. The number of amides is 1. The lowest BCUT2D eigenvalue weighted by atomic mass is 10.0. The van der Waals surface area contributed by atoms with E-state index in [0.717, 1.165) is 37.5 Å². The maximum atomic E-state index is 12.6. The van der Waals surface area contributed by atoms with E-state index < -0.39 is 0 Å². The molecule has 1 aliphatic rings. The minimum atomic E-state index is -0.226. The van der Waals surface area contributed by atoms with Crippen LogP contribution < -0.4 is 5.32 Å². The molecule has 0 atom stereocenters. The van der Waals surface area contributed by atoms with Gasteiger partial charge in [-0.25, -0.2) is 4.68 Å². The number of aromatic nitrogens is 2. The fourth-order valence-electron chi connectivity index (χ4n) is 3.75. The van der Waals surface area contributed by atoms with Crippen molar-refractivity contribution < 1.29 is 4.79 Å². The first-order valence-corrected chi connectivity index (χ1v) is 10.4. The molecule has 0 spiro atoms. The molecule has 1 amide bonds. The minimum Gasteiger partial charge on any atom is -0.307 e. The van der Waals surface area contributed by atoms with Crippen LogP contribution in [0.15, 0.2) is 60.8 Å². The number of anilines is 1. The van der Waals surface area contributed by atoms with Crippen LogP contribution in [0.3, 0.4) is 0 Å². The Labute approximate surface area is 180 Å². The summed E-state index contributed by atoms with van der Waals surface area (Å²) >= 11 is 12.2. The first-order valence-electron chi connectivity index (χ1n) is 9.66. The second-order valence-electron chi connectivity index (χ2n) is 7.23. The molecule has 1 saturated heterocycles. The zero-order chi connectivity index (χ0) is 20.2. The van der Waals surface area contributed by atoms with E-state index in [1.54, 1.807) is 30.5 Å². The van der Waals surface area contributed by atoms with Gasteiger partial charge >= 0.3 is 0 Å². The molecule has 1 aromatic heterocycles. The predicted molar refractivity (Wildman–Crippen MR) is 117 cm³/mol. The summed E-state index contributed by atoms with van der Waals surface area (Å²) in [7, 11) is 0. The van der Waals surface area contributed by atoms with Crippen molar-refractivity contribution in [1.82, 2.24) is 14.7 Å². The summed E-state index contributed by atoms with van der Waals surface area (Å²) < 4.78 is 1.92. The van der Waals surface area contributed by atoms with Crippen LogP contribution in [0.4, 0.5) is 5.82 Å². The average Bonchev–Trinajstić information content (AvgIpc) is 3.17. The van der Waals surface area contributed by atoms with Crippen molar-refractivity contribution in [3.8, 4) is 0 Å². The summed E-state index contributed by atoms with van der Waals surface area (Å²) in [6.45, 7) is 2.83. The lowest BCUT2D eigenvalue weighted by molar-refractivity contribution is 0.102. The number of likely N-dealkylation sites (tertiary alicyclic amines) is 1. The van der Waals surface area contributed by atoms with E-state index in [-0.39, 0.29) is 11.9 Å². The van der Waals surface area contributed by atoms with E-state index in [9.17, 15) is 4.79 Å². The highest BCUT2D eigenvalue weighted by molar-refractivity contribution is 6.34. The van der Waals surface area contributed by atoms with Crippen molar-refractivity contribution in [1.29, 1.82) is 0 Å². The Morgan fingerprint density at radius 2 is 1.86 bits per heavy atom. The lowest BCUT2D eigenvalue weighted by Gasteiger charge is -2.32. The molecule has 7 heteroatoms. The number of hydrogen-bond donors (Lipinski definition) is 1. The molecule has 1 fully saturated rings. The summed E-state index contributed by atoms with van der Waals surface area (Å²) in [6, 6.07) is 17.1. The molecular formula is C22H22Cl2N4O. The number of carbonyl (C=O) groups is 1. The standard InChI is InChI=1S/C22H22Cl2N4O/c23-17-5-3-4-16(14-17)15-27-12-9-18(10-13-27)28-21(8-11-25-28)26-22(29)19-6-1-2-7-20(19)24/h1-8,11,14,18H,9-10,12-13,15H2,(H,26,29). The van der Waals surface area contributed by atoms with E-state index in [2.05, 4.69) is 21.4 Å². The van der Waals surface area contributed by atoms with Crippen molar-refractivity contribution in [3.63, 3.8) is 0 Å². The first kappa shape index (κ1) is 20.0. The number of nitrogens with zero attached hydrogens (tertiary/aromatic N) is 3. The van der Waals surface area contributed by atoms with Crippen LogP contribution in [0, 0.1) is 0 Å². The van der Waals surface area contributed by atoms with Crippen LogP contribution in [0.1, 0.15) is 34.8 Å². The van der Waals surface area contributed by atoms with Crippen LogP contribution in [0.2, 0.25) is 10.0 Å². The molecule has 4 rings (SSSR count). The van der Waals surface area contributed by atoms with Crippen LogP contribution in [-0.4, -0.2) is 33.7 Å². The SMILES string of the molecule is O=C(Nc1ccnn1C1CCN(Cc2cccc(Cl)c2)CC1)c1ccccc1Cl. The molecule has 0 radical (unpaired) electrons. The van der Waals surface area contributed by atoms with Gasteiger partial charge < -0.3 is 5.32 Å². The molecule has 29 heavy (non-hydrogen) atoms. The third-order valence-corrected chi connectivity index (χ3v) is 5.79. The molecule has 1 N–H and O–H groups in total. The molecule has 3 aromatic rings. The summed E-state index contributed by atoms with van der Waals surface area (Å²) in [6.07, 6.45) is 3.66. The molecule has 2 aromatic carbocycles. The topological polar surface area (TPSA) is 50.2 Å². The van der Waals surface area contributed by atoms with Gasteiger partial charge in [-0.2, -0.15) is 5.10 Å². The van der Waals surface area contributed by atoms with Gasteiger partial charge in [-0.3, -0.25) is 9.69 Å². The van der Waals surface area contributed by atoms with Gasteiger partial charge in [-0.1, -0.05) is 47.5 Å². The number of halogens is 2. The number of hydrogen-bond acceptors (Lipinski definition) is 3. The van der Waals surface area contributed by atoms with E-state index in [0.29, 0.717) is 16.4 Å². The van der Waals surface area contributed by atoms with E-state index in [1.807, 2.05) is 28.9 Å². The lowest BCUT2D eigenvalue weighted by Crippen LogP contribution is -2.35. The number of piperidine rings is 1. The van der Waals surface area contributed by atoms with Gasteiger partial charge in [-0.05, 0) is 42.7 Å². The predicted octanol–water partition coefficient (Wildman–Crippen LogP) is 5.28. The van der Waals surface area contributed by atoms with Gasteiger partial charge in [0, 0.05) is 30.7 Å². The van der Waals surface area contributed by atoms with Crippen molar-refractivity contribution in [2.24, 2.45) is 0 Å². The second-order valence-corrected chi connectivity index (χ2v) is 8.08. The summed E-state index contributed by atoms with van der Waals surface area (Å²) in [4.78, 5) is 15.0. The average molecular weight is 429 g/mol. The summed E-state index contributed by atoms with van der Waals surface area (Å²) in [5.41, 5.74) is 1.68. The highest BCUT2D eigenvalue weighted by Gasteiger charge is 2.23. The second kappa shape index (κ2) is 8.99. The van der Waals surface area contributed by atoms with Crippen LogP contribution in [0.5, 0.6) is 0 Å². The Bertz CT molecular complexity index is 996. The van der Waals surface area contributed by atoms with Crippen molar-refractivity contribution >= 4 is 34.9 Å². The van der Waals surface area contributed by atoms with E-state index in [4.69, 9.17) is 23.2 Å². The Morgan fingerprint density at radius 1 is 1.07 bits per heavy atom. The molecule has 0 bridgehead atoms. The van der Waals surface area contributed by atoms with E-state index in [1.165, 1.54) is 5.56 Å². The highest BCUT2D eigenvalue weighted by Crippen LogP contribution is 2.27. The van der Waals surface area contributed by atoms with Gasteiger partial charge in [0.1, 0.15) is 5.82 Å². The largest absolute Gasteiger partial charge is 0.307 e. The number of benzene rings is 2. The van der Waals surface area contributed by atoms with Gasteiger partial charge in [-0.15, -0.1) is 0 Å². The zero-order valence-electron chi connectivity index (χ0n) is 15.9. The molecule has 0 saturated carbocycles. The smallest absolute Gasteiger partial charge is 0.258 e. The Kier molecular flexibility index (Phi) is 6.19. The van der Waals surface area contributed by atoms with Gasteiger partial charge in [0.15, 0.2) is 0 Å². The van der Waals surface area contributed by atoms with Crippen LogP contribution in [0.25, 0.3) is 0 Å². The normalized spacial score (nSPS) is 15.4. The third kappa shape index (κ3) is 4.81. The van der Waals surface area contributed by atoms with E-state index >= 15 is 0 Å². The number of rotatable bonds is 5. The maximum absolute atomic E-state index is 12.6. The van der Waals surface area contributed by atoms with Crippen molar-refractivity contribution in [2.75, 3.05) is 18.4 Å². The first-order chi connectivity index (χ1) is 14.1. The fourth-order valence-corrected chi connectivity index (χ4v) is 4.18. The highest BCUT2D eigenvalue weighted by atomic mass is 35.5. The van der Waals surface area contributed by atoms with Gasteiger partial charge in [0.2, 0.25) is 0 Å². The quantitative estimate of drug-likeness (QED) is 0.601. The molecule has 1 aliphatic heterocycles. The van der Waals surface area contributed by atoms with Crippen molar-refractivity contribution in [3.05, 3.63) is 82.0 Å². The molecule has 5 nitrogen and oxygen atoms in total.